The Morgan fingerprint density at radius 2 is 1.86 bits per heavy atom. The fraction of sp³-hybridized carbons (Fsp3) is 0.500. The third-order valence-corrected chi connectivity index (χ3v) is 4.55. The Labute approximate surface area is 143 Å². The summed E-state index contributed by atoms with van der Waals surface area (Å²) >= 11 is 24.0. The maximum Gasteiger partial charge on any atom is 0.286 e. The van der Waals surface area contributed by atoms with Crippen molar-refractivity contribution >= 4 is 57.9 Å². The number of azo groups is 1. The Bertz CT molecular complexity index is 557. The van der Waals surface area contributed by atoms with Gasteiger partial charge in [-0.1, -0.05) is 59.2 Å². The second-order valence-corrected chi connectivity index (χ2v) is 7.27. The van der Waals surface area contributed by atoms with E-state index in [9.17, 15) is 4.79 Å². The van der Waals surface area contributed by atoms with E-state index in [0.29, 0.717) is 15.7 Å². The SMILES string of the molecule is Cc1cc(Cl)cc(Cl)c1/N=N/C(Cl)(Cl)C(=O)C1CCCC1. The zero-order valence-corrected chi connectivity index (χ0v) is 14.4. The van der Waals surface area contributed by atoms with Crippen LogP contribution in [-0.4, -0.2) is 10.2 Å². The standard InChI is InChI=1S/C14H14Cl4N2O/c1-8-6-10(15)7-11(16)12(8)19-20-14(17,18)13(21)9-4-2-3-5-9/h6-7,9H,2-5H2,1H3/b20-19+. The van der Waals surface area contributed by atoms with E-state index >= 15 is 0 Å². The molecule has 0 aromatic heterocycles. The number of benzene rings is 1. The lowest BCUT2D eigenvalue weighted by Gasteiger charge is -2.16. The smallest absolute Gasteiger partial charge is 0.286 e. The molecule has 0 amide bonds. The molecule has 0 N–H and O–H groups in total. The first-order chi connectivity index (χ1) is 9.81. The molecule has 0 saturated heterocycles. The summed E-state index contributed by atoms with van der Waals surface area (Å²) in [4.78, 5) is 12.2. The molecule has 0 unspecified atom stereocenters. The number of carbonyl (C=O) groups excluding carboxylic acids is 1. The summed E-state index contributed by atoms with van der Waals surface area (Å²) in [7, 11) is 0. The number of aryl methyl sites for hydroxylation is 1. The number of hydrogen-bond acceptors (Lipinski definition) is 3. The second kappa shape index (κ2) is 6.82. The van der Waals surface area contributed by atoms with Crippen LogP contribution in [0.4, 0.5) is 5.69 Å². The maximum atomic E-state index is 12.2. The van der Waals surface area contributed by atoms with E-state index in [2.05, 4.69) is 10.2 Å². The van der Waals surface area contributed by atoms with Gasteiger partial charge in [0.05, 0.1) is 5.02 Å². The molecule has 1 saturated carbocycles. The molecule has 0 atom stereocenters. The highest BCUT2D eigenvalue weighted by Crippen LogP contribution is 2.38. The minimum absolute atomic E-state index is 0.138. The summed E-state index contributed by atoms with van der Waals surface area (Å²) in [6.45, 7) is 1.79. The second-order valence-electron chi connectivity index (χ2n) is 5.14. The number of halogens is 4. The van der Waals surface area contributed by atoms with Crippen LogP contribution in [0.1, 0.15) is 31.2 Å². The predicted molar refractivity (Wildman–Crippen MR) is 87.1 cm³/mol. The van der Waals surface area contributed by atoms with Crippen LogP contribution in [0.2, 0.25) is 10.0 Å². The van der Waals surface area contributed by atoms with Crippen LogP contribution >= 0.6 is 46.4 Å². The first kappa shape index (κ1) is 17.0. The van der Waals surface area contributed by atoms with Gasteiger partial charge in [0.15, 0.2) is 5.78 Å². The quantitative estimate of drug-likeness (QED) is 0.351. The van der Waals surface area contributed by atoms with E-state index in [1.54, 1.807) is 19.1 Å². The maximum absolute atomic E-state index is 12.2. The van der Waals surface area contributed by atoms with Gasteiger partial charge in [0.2, 0.25) is 0 Å². The molecule has 114 valence electrons. The zero-order valence-electron chi connectivity index (χ0n) is 11.4. The zero-order chi connectivity index (χ0) is 15.6. The highest BCUT2D eigenvalue weighted by Gasteiger charge is 2.40. The van der Waals surface area contributed by atoms with Crippen molar-refractivity contribution in [2.24, 2.45) is 16.1 Å². The van der Waals surface area contributed by atoms with Gasteiger partial charge in [-0.25, -0.2) is 0 Å². The third-order valence-electron chi connectivity index (χ3n) is 3.52. The molecular formula is C14H14Cl4N2O. The van der Waals surface area contributed by atoms with Crippen molar-refractivity contribution in [1.29, 1.82) is 0 Å². The van der Waals surface area contributed by atoms with E-state index in [0.717, 1.165) is 31.2 Å². The molecule has 1 fully saturated rings. The van der Waals surface area contributed by atoms with Crippen LogP contribution in [0.15, 0.2) is 22.4 Å². The number of Topliss-reactive ketones (excluding diaryl/α,β-unsaturated/α-hetero) is 1. The van der Waals surface area contributed by atoms with Crippen LogP contribution in [0.3, 0.4) is 0 Å². The molecular weight excluding hydrogens is 354 g/mol. The normalized spacial score (nSPS) is 16.8. The van der Waals surface area contributed by atoms with E-state index in [1.807, 2.05) is 0 Å². The largest absolute Gasteiger partial charge is 0.294 e. The Hall–Kier alpha value is -0.350. The van der Waals surface area contributed by atoms with Crippen LogP contribution in [0.25, 0.3) is 0 Å². The fourth-order valence-corrected chi connectivity index (χ4v) is 3.43. The topological polar surface area (TPSA) is 41.8 Å². The van der Waals surface area contributed by atoms with Crippen LogP contribution in [0, 0.1) is 12.8 Å². The average molecular weight is 368 g/mol. The van der Waals surface area contributed by atoms with Gasteiger partial charge in [-0.05, 0) is 37.5 Å². The summed E-state index contributed by atoms with van der Waals surface area (Å²) < 4.78 is -1.87. The van der Waals surface area contributed by atoms with Crippen LogP contribution < -0.4 is 0 Å². The van der Waals surface area contributed by atoms with E-state index in [-0.39, 0.29) is 11.7 Å². The molecule has 0 spiro atoms. The monoisotopic (exact) mass is 366 g/mol. The molecule has 3 nitrogen and oxygen atoms in total. The highest BCUT2D eigenvalue weighted by atomic mass is 35.5. The lowest BCUT2D eigenvalue weighted by Crippen LogP contribution is -2.29. The van der Waals surface area contributed by atoms with Crippen molar-refractivity contribution < 1.29 is 4.79 Å². The summed E-state index contributed by atoms with van der Waals surface area (Å²) in [5.74, 6) is -0.435. The molecule has 2 rings (SSSR count). The van der Waals surface area contributed by atoms with Gasteiger partial charge in [-0.2, -0.15) is 5.11 Å². The molecule has 0 heterocycles. The van der Waals surface area contributed by atoms with Crippen molar-refractivity contribution in [3.8, 4) is 0 Å². The van der Waals surface area contributed by atoms with Gasteiger partial charge in [0.1, 0.15) is 5.69 Å². The van der Waals surface area contributed by atoms with Crippen molar-refractivity contribution in [2.45, 2.75) is 37.1 Å². The Balaban J connectivity index is 2.21. The summed E-state index contributed by atoms with van der Waals surface area (Å²) in [6.07, 6.45) is 3.63. The minimum atomic E-state index is -1.87. The van der Waals surface area contributed by atoms with Gasteiger partial charge in [-0.15, -0.1) is 5.11 Å². The molecule has 1 aliphatic rings. The molecule has 0 aliphatic heterocycles. The average Bonchev–Trinajstić information content (AvgIpc) is 2.89. The summed E-state index contributed by atoms with van der Waals surface area (Å²) in [5, 5.41) is 8.60. The molecule has 21 heavy (non-hydrogen) atoms. The predicted octanol–water partition coefficient (Wildman–Crippen LogP) is 6.28. The summed E-state index contributed by atoms with van der Waals surface area (Å²) in [5.41, 5.74) is 1.14. The molecule has 1 aromatic carbocycles. The fourth-order valence-electron chi connectivity index (χ4n) is 2.42. The first-order valence-electron chi connectivity index (χ1n) is 6.62. The van der Waals surface area contributed by atoms with Crippen molar-refractivity contribution in [1.82, 2.24) is 0 Å². The number of ketones is 1. The Morgan fingerprint density at radius 1 is 1.24 bits per heavy atom. The number of alkyl halides is 2. The van der Waals surface area contributed by atoms with E-state index < -0.39 is 4.46 Å². The van der Waals surface area contributed by atoms with E-state index in [1.165, 1.54) is 0 Å². The molecule has 0 bridgehead atoms. The van der Waals surface area contributed by atoms with Gasteiger partial charge in [-0.3, -0.25) is 4.79 Å². The van der Waals surface area contributed by atoms with E-state index in [4.69, 9.17) is 46.4 Å². The lowest BCUT2D eigenvalue weighted by molar-refractivity contribution is -0.123. The van der Waals surface area contributed by atoms with Crippen molar-refractivity contribution in [2.75, 3.05) is 0 Å². The Kier molecular flexibility index (Phi) is 5.53. The molecule has 1 aliphatic carbocycles. The molecule has 7 heteroatoms. The highest BCUT2D eigenvalue weighted by molar-refractivity contribution is 6.58. The van der Waals surface area contributed by atoms with Gasteiger partial charge < -0.3 is 0 Å². The van der Waals surface area contributed by atoms with Crippen LogP contribution in [0.5, 0.6) is 0 Å². The minimum Gasteiger partial charge on any atom is -0.294 e. The van der Waals surface area contributed by atoms with Gasteiger partial charge >= 0.3 is 0 Å². The number of carbonyl (C=O) groups is 1. The molecule has 0 radical (unpaired) electrons. The number of rotatable bonds is 4. The Morgan fingerprint density at radius 3 is 2.43 bits per heavy atom. The number of hydrogen-bond donors (Lipinski definition) is 0. The third kappa shape index (κ3) is 4.10. The summed E-state index contributed by atoms with van der Waals surface area (Å²) in [6, 6.07) is 3.25. The number of nitrogens with zero attached hydrogens (tertiary/aromatic N) is 2. The van der Waals surface area contributed by atoms with Crippen LogP contribution in [-0.2, 0) is 4.79 Å². The van der Waals surface area contributed by atoms with Gasteiger partial charge in [0.25, 0.3) is 4.46 Å². The van der Waals surface area contributed by atoms with Gasteiger partial charge in [0, 0.05) is 10.9 Å². The van der Waals surface area contributed by atoms with Crippen molar-refractivity contribution in [3.05, 3.63) is 27.7 Å². The lowest BCUT2D eigenvalue weighted by atomic mass is 10.0. The van der Waals surface area contributed by atoms with Crippen molar-refractivity contribution in [3.63, 3.8) is 0 Å². The first-order valence-corrected chi connectivity index (χ1v) is 8.13. The molecule has 1 aromatic rings.